The molecule has 3 nitrogen and oxygen atoms in total. The van der Waals surface area contributed by atoms with Gasteiger partial charge in [0.1, 0.15) is 0 Å². The van der Waals surface area contributed by atoms with Crippen LogP contribution >= 0.6 is 0 Å². The molecule has 0 aromatic heterocycles. The van der Waals surface area contributed by atoms with Gasteiger partial charge in [-0.2, -0.15) is 0 Å². The van der Waals surface area contributed by atoms with Gasteiger partial charge in [0.2, 0.25) is 0 Å². The van der Waals surface area contributed by atoms with Crippen molar-refractivity contribution in [3.8, 4) is 0 Å². The van der Waals surface area contributed by atoms with Crippen molar-refractivity contribution < 1.29 is 56.4 Å². The van der Waals surface area contributed by atoms with Crippen LogP contribution in [-0.4, -0.2) is 24.7 Å². The number of rotatable bonds is 0. The fourth-order valence-electron chi connectivity index (χ4n) is 0. The van der Waals surface area contributed by atoms with E-state index >= 15 is 0 Å². The predicted molar refractivity (Wildman–Crippen MR) is 11.5 cm³/mol. The molecule has 0 aliphatic rings. The monoisotopic (exact) mass is 227 g/mol. The minimum Gasteiger partial charge on any atom is -0.907 e. The second-order valence-corrected chi connectivity index (χ2v) is 0.289. The van der Waals surface area contributed by atoms with Crippen LogP contribution in [0, 0.1) is 41.3 Å². The molecule has 24 valence electrons. The Morgan fingerprint density at radius 1 is 1.00 bits per heavy atom. The van der Waals surface area contributed by atoms with E-state index in [1.807, 2.05) is 0 Å². The normalized spacial score (nSPS) is 4.50. The summed E-state index contributed by atoms with van der Waals surface area (Å²) in [4.78, 5) is 0. The minimum absolute atomic E-state index is 0. The molecule has 6 heteroatoms. The van der Waals surface area contributed by atoms with Gasteiger partial charge in [-0.1, -0.05) is 0 Å². The second kappa shape index (κ2) is 9.96. The van der Waals surface area contributed by atoms with Crippen LogP contribution in [0.15, 0.2) is 0 Å². The van der Waals surface area contributed by atoms with Gasteiger partial charge in [0, 0.05) is 0 Å². The first kappa shape index (κ1) is 15.7. The van der Waals surface area contributed by atoms with Crippen molar-refractivity contribution in [2.75, 3.05) is 0 Å². The molecule has 0 aliphatic carbocycles. The third kappa shape index (κ3) is 40.4. The quantitative estimate of drug-likeness (QED) is 0.393. The largest absolute Gasteiger partial charge is 3.00 e. The van der Waals surface area contributed by atoms with Gasteiger partial charge in [0.15, 0.2) is 0 Å². The Morgan fingerprint density at radius 3 is 1.00 bits per heavy atom. The summed E-state index contributed by atoms with van der Waals surface area (Å²) in [5.74, 6) is 0. The van der Waals surface area contributed by atoms with Crippen LogP contribution in [0.25, 0.3) is 0 Å². The Bertz CT molecular complexity index is 15.5. The van der Waals surface area contributed by atoms with E-state index < -0.39 is 7.32 Å². The third-order valence-electron chi connectivity index (χ3n) is 0. The van der Waals surface area contributed by atoms with E-state index in [0.717, 1.165) is 0 Å². The molecule has 0 aromatic carbocycles. The average Bonchev–Trinajstić information content (AvgIpc) is 0.811. The van der Waals surface area contributed by atoms with Gasteiger partial charge in [-0.05, 0) is 0 Å². The van der Waals surface area contributed by atoms with Crippen molar-refractivity contribution in [3.63, 3.8) is 0 Å². The molecular formula is AlBO3Pr+3. The molecule has 0 aromatic rings. The van der Waals surface area contributed by atoms with E-state index in [-0.39, 0.29) is 58.7 Å². The van der Waals surface area contributed by atoms with Gasteiger partial charge in [-0.15, -0.1) is 0 Å². The molecule has 0 amide bonds. The molecule has 0 heterocycles. The molecule has 0 atom stereocenters. The zero-order valence-corrected chi connectivity index (χ0v) is 7.82. The maximum atomic E-state index is 8.42. The Morgan fingerprint density at radius 2 is 1.00 bits per heavy atom. The third-order valence-corrected chi connectivity index (χ3v) is 0. The van der Waals surface area contributed by atoms with Crippen LogP contribution in [0.3, 0.4) is 0 Å². The Labute approximate surface area is 80.0 Å². The summed E-state index contributed by atoms with van der Waals surface area (Å²) in [5.41, 5.74) is 0. The van der Waals surface area contributed by atoms with Crippen LogP contribution in [-0.2, 0) is 0 Å². The Hall–Kier alpha value is 1.84. The molecule has 0 aliphatic heterocycles. The molecule has 0 spiro atoms. The first-order valence-electron chi connectivity index (χ1n) is 0.707. The van der Waals surface area contributed by atoms with E-state index in [4.69, 9.17) is 15.1 Å². The van der Waals surface area contributed by atoms with E-state index in [2.05, 4.69) is 0 Å². The molecule has 0 saturated heterocycles. The number of hydrogen-bond acceptors (Lipinski definition) is 3. The summed E-state index contributed by atoms with van der Waals surface area (Å²) in [5, 5.41) is 25.2. The zero-order chi connectivity index (χ0) is 3.58. The van der Waals surface area contributed by atoms with Gasteiger partial charge < -0.3 is 15.1 Å². The van der Waals surface area contributed by atoms with E-state index in [9.17, 15) is 0 Å². The molecule has 0 N–H and O–H groups in total. The Balaban J connectivity index is -0.0000000450. The van der Waals surface area contributed by atoms with Crippen molar-refractivity contribution >= 4 is 24.7 Å². The predicted octanol–water partition coefficient (Wildman–Crippen LogP) is -4.33. The summed E-state index contributed by atoms with van der Waals surface area (Å²) >= 11 is 0. The van der Waals surface area contributed by atoms with Crippen molar-refractivity contribution in [2.24, 2.45) is 0 Å². The van der Waals surface area contributed by atoms with E-state index in [1.165, 1.54) is 0 Å². The summed E-state index contributed by atoms with van der Waals surface area (Å²) in [6, 6.07) is 0. The van der Waals surface area contributed by atoms with Crippen LogP contribution in [0.5, 0.6) is 0 Å². The fraction of sp³-hybridized carbons (Fsp3) is 0. The topological polar surface area (TPSA) is 69.2 Å². The Kier molecular flexibility index (Phi) is 26.0. The van der Waals surface area contributed by atoms with E-state index in [0.29, 0.717) is 0 Å². The first-order valence-corrected chi connectivity index (χ1v) is 0.707. The summed E-state index contributed by atoms with van der Waals surface area (Å²) in [6.07, 6.45) is 0. The van der Waals surface area contributed by atoms with Gasteiger partial charge in [0.05, 0.1) is 0 Å². The average molecular weight is 227 g/mol. The summed E-state index contributed by atoms with van der Waals surface area (Å²) < 4.78 is 0. The van der Waals surface area contributed by atoms with Gasteiger partial charge in [-0.3, -0.25) is 7.32 Å². The molecule has 0 radical (unpaired) electrons. The van der Waals surface area contributed by atoms with Crippen molar-refractivity contribution in [3.05, 3.63) is 0 Å². The fourth-order valence-corrected chi connectivity index (χ4v) is 0. The molecule has 0 saturated carbocycles. The molecular weight excluding hydrogens is 227 g/mol. The molecule has 0 rings (SSSR count). The zero-order valence-electron chi connectivity index (χ0n) is 2.96. The van der Waals surface area contributed by atoms with Crippen molar-refractivity contribution in [1.82, 2.24) is 0 Å². The molecule has 0 unspecified atom stereocenters. The summed E-state index contributed by atoms with van der Waals surface area (Å²) in [6.45, 7) is 0. The van der Waals surface area contributed by atoms with Crippen LogP contribution < -0.4 is 15.1 Å². The SMILES string of the molecule is [Al+3].[O-]B([O-])[O-].[Pr+3]. The van der Waals surface area contributed by atoms with Gasteiger partial charge in [-0.25, -0.2) is 0 Å². The maximum Gasteiger partial charge on any atom is 3.00 e. The molecule has 6 heavy (non-hydrogen) atoms. The number of hydrogen-bond donors (Lipinski definition) is 0. The molecule has 0 bridgehead atoms. The van der Waals surface area contributed by atoms with Crippen molar-refractivity contribution in [2.45, 2.75) is 0 Å². The van der Waals surface area contributed by atoms with Crippen molar-refractivity contribution in [1.29, 1.82) is 0 Å². The second-order valence-electron chi connectivity index (χ2n) is 0.289. The van der Waals surface area contributed by atoms with Crippen LogP contribution in [0.4, 0.5) is 0 Å². The maximum absolute atomic E-state index is 8.42. The smallest absolute Gasteiger partial charge is 0.907 e. The standard InChI is InChI=1S/Al.BO3.Pr/c;2-1(3)4;/q+3;-3;+3. The first-order chi connectivity index (χ1) is 1.73. The molecule has 0 fully saturated rings. The van der Waals surface area contributed by atoms with Crippen LogP contribution in [0.1, 0.15) is 0 Å². The van der Waals surface area contributed by atoms with Crippen LogP contribution in [0.2, 0.25) is 0 Å². The van der Waals surface area contributed by atoms with E-state index in [1.54, 1.807) is 0 Å². The minimum atomic E-state index is -2.92. The van der Waals surface area contributed by atoms with Gasteiger partial charge >= 0.3 is 58.7 Å². The van der Waals surface area contributed by atoms with Gasteiger partial charge in [0.25, 0.3) is 0 Å². The summed E-state index contributed by atoms with van der Waals surface area (Å²) in [7, 11) is -2.92.